The van der Waals surface area contributed by atoms with Crippen LogP contribution in [0.2, 0.25) is 0 Å². The van der Waals surface area contributed by atoms with E-state index in [1.165, 1.54) is 42.5 Å². The molecule has 0 aliphatic heterocycles. The topological polar surface area (TPSA) is 92.8 Å². The smallest absolute Gasteiger partial charge is 0.338 e. The van der Waals surface area contributed by atoms with Gasteiger partial charge in [-0.3, -0.25) is 4.79 Å². The maximum atomic E-state index is 12.5. The molecule has 0 saturated carbocycles. The minimum Gasteiger partial charge on any atom is -0.449 e. The zero-order valence-electron chi connectivity index (χ0n) is 16.1. The maximum absolute atomic E-state index is 12.5. The highest BCUT2D eigenvalue weighted by atomic mass is 32.2. The number of sulfonamides is 1. The van der Waals surface area contributed by atoms with E-state index >= 15 is 0 Å². The van der Waals surface area contributed by atoms with Gasteiger partial charge in [0, 0.05) is 19.6 Å². The standard InChI is InChI=1S/C18H28N2O5S/c1-12(2)11-19-17(21)14(5)25-18(22)15-8-7-9-16(10-15)26(23,24)20(6)13(3)4/h7-10,12-14H,11H2,1-6H3,(H,19,21)/t14-/m1/s1. The molecule has 0 unspecified atom stereocenters. The van der Waals surface area contributed by atoms with Gasteiger partial charge in [0.2, 0.25) is 10.0 Å². The molecule has 8 heteroatoms. The van der Waals surface area contributed by atoms with Gasteiger partial charge >= 0.3 is 5.97 Å². The molecule has 1 rings (SSSR count). The van der Waals surface area contributed by atoms with E-state index in [1.807, 2.05) is 13.8 Å². The summed E-state index contributed by atoms with van der Waals surface area (Å²) >= 11 is 0. The van der Waals surface area contributed by atoms with E-state index in [0.717, 1.165) is 0 Å². The Bertz CT molecular complexity index is 744. The first-order valence-corrected chi connectivity index (χ1v) is 9.97. The molecule has 0 saturated heterocycles. The van der Waals surface area contributed by atoms with Crippen molar-refractivity contribution in [3.05, 3.63) is 29.8 Å². The average Bonchev–Trinajstić information content (AvgIpc) is 2.58. The van der Waals surface area contributed by atoms with Crippen molar-refractivity contribution in [1.82, 2.24) is 9.62 Å². The molecule has 7 nitrogen and oxygen atoms in total. The van der Waals surface area contributed by atoms with Gasteiger partial charge in [0.1, 0.15) is 0 Å². The number of carbonyl (C=O) groups excluding carboxylic acids is 2. The van der Waals surface area contributed by atoms with Crippen molar-refractivity contribution >= 4 is 21.9 Å². The van der Waals surface area contributed by atoms with Gasteiger partial charge in [0.05, 0.1) is 10.5 Å². The van der Waals surface area contributed by atoms with Gasteiger partial charge in [-0.15, -0.1) is 0 Å². The molecule has 0 heterocycles. The van der Waals surface area contributed by atoms with Crippen molar-refractivity contribution < 1.29 is 22.7 Å². The fourth-order valence-corrected chi connectivity index (χ4v) is 3.37. The third kappa shape index (κ3) is 5.81. The first-order chi connectivity index (χ1) is 12.0. The molecule has 0 radical (unpaired) electrons. The fraction of sp³-hybridized carbons (Fsp3) is 0.556. The Labute approximate surface area is 155 Å². The highest BCUT2D eigenvalue weighted by Gasteiger charge is 2.25. The monoisotopic (exact) mass is 384 g/mol. The average molecular weight is 384 g/mol. The highest BCUT2D eigenvalue weighted by Crippen LogP contribution is 2.18. The lowest BCUT2D eigenvalue weighted by atomic mass is 10.2. The van der Waals surface area contributed by atoms with Crippen LogP contribution in [0.15, 0.2) is 29.2 Å². The van der Waals surface area contributed by atoms with Gasteiger partial charge in [-0.2, -0.15) is 4.31 Å². The molecular formula is C18H28N2O5S. The lowest BCUT2D eigenvalue weighted by Gasteiger charge is -2.21. The lowest BCUT2D eigenvalue weighted by molar-refractivity contribution is -0.129. The van der Waals surface area contributed by atoms with Crippen molar-refractivity contribution in [3.63, 3.8) is 0 Å². The summed E-state index contributed by atoms with van der Waals surface area (Å²) in [6, 6.07) is 5.38. The minimum absolute atomic E-state index is 0.0000578. The van der Waals surface area contributed by atoms with Gasteiger partial charge in [-0.1, -0.05) is 19.9 Å². The van der Waals surface area contributed by atoms with Crippen LogP contribution in [0.25, 0.3) is 0 Å². The number of hydrogen-bond acceptors (Lipinski definition) is 5. The van der Waals surface area contributed by atoms with Crippen molar-refractivity contribution in [2.45, 2.75) is 51.7 Å². The molecule has 146 valence electrons. The van der Waals surface area contributed by atoms with Crippen molar-refractivity contribution in [2.75, 3.05) is 13.6 Å². The van der Waals surface area contributed by atoms with Crippen LogP contribution in [0.3, 0.4) is 0 Å². The Morgan fingerprint density at radius 2 is 1.77 bits per heavy atom. The molecule has 0 fully saturated rings. The first kappa shape index (κ1) is 22.1. The van der Waals surface area contributed by atoms with Crippen LogP contribution < -0.4 is 5.32 Å². The van der Waals surface area contributed by atoms with Crippen molar-refractivity contribution in [3.8, 4) is 0 Å². The van der Waals surface area contributed by atoms with Gasteiger partial charge in [0.15, 0.2) is 6.10 Å². The number of benzene rings is 1. The highest BCUT2D eigenvalue weighted by molar-refractivity contribution is 7.89. The molecule has 0 aromatic heterocycles. The van der Waals surface area contributed by atoms with E-state index in [9.17, 15) is 18.0 Å². The van der Waals surface area contributed by atoms with Crippen LogP contribution in [0, 0.1) is 5.92 Å². The van der Waals surface area contributed by atoms with Gasteiger partial charge in [-0.05, 0) is 44.9 Å². The molecule has 0 spiro atoms. The Balaban J connectivity index is 2.91. The SMILES string of the molecule is CC(C)CNC(=O)[C@@H](C)OC(=O)c1cccc(S(=O)(=O)N(C)C(C)C)c1. The van der Waals surface area contributed by atoms with Crippen LogP contribution in [0.4, 0.5) is 0 Å². The van der Waals surface area contributed by atoms with Gasteiger partial charge in [-0.25, -0.2) is 13.2 Å². The second kappa shape index (κ2) is 9.14. The van der Waals surface area contributed by atoms with Gasteiger partial charge in [0.25, 0.3) is 5.91 Å². The number of rotatable bonds is 8. The second-order valence-corrected chi connectivity index (χ2v) is 8.83. The maximum Gasteiger partial charge on any atom is 0.338 e. The Morgan fingerprint density at radius 3 is 2.31 bits per heavy atom. The van der Waals surface area contributed by atoms with E-state index in [2.05, 4.69) is 5.32 Å². The van der Waals surface area contributed by atoms with E-state index < -0.39 is 28.0 Å². The largest absolute Gasteiger partial charge is 0.449 e. The third-order valence-corrected chi connectivity index (χ3v) is 5.84. The van der Waals surface area contributed by atoms with Crippen LogP contribution in [0.1, 0.15) is 45.0 Å². The Hall–Kier alpha value is -1.93. The van der Waals surface area contributed by atoms with E-state index in [4.69, 9.17) is 4.74 Å². The number of hydrogen-bond donors (Lipinski definition) is 1. The van der Waals surface area contributed by atoms with Crippen LogP contribution >= 0.6 is 0 Å². The van der Waals surface area contributed by atoms with Crippen molar-refractivity contribution in [2.24, 2.45) is 5.92 Å². The molecule has 26 heavy (non-hydrogen) atoms. The first-order valence-electron chi connectivity index (χ1n) is 8.53. The molecule has 0 aliphatic rings. The minimum atomic E-state index is -3.71. The second-order valence-electron chi connectivity index (χ2n) is 6.83. The summed E-state index contributed by atoms with van der Waals surface area (Å²) in [6.45, 7) is 9.38. The van der Waals surface area contributed by atoms with Crippen LogP contribution in [-0.4, -0.2) is 50.3 Å². The molecule has 1 atom stereocenters. The van der Waals surface area contributed by atoms with Crippen molar-refractivity contribution in [1.29, 1.82) is 0 Å². The summed E-state index contributed by atoms with van der Waals surface area (Å²) in [5.74, 6) is -0.862. The molecule has 1 N–H and O–H groups in total. The molecule has 0 aliphatic carbocycles. The van der Waals surface area contributed by atoms with Gasteiger partial charge < -0.3 is 10.1 Å². The number of ether oxygens (including phenoxy) is 1. The molecule has 1 aromatic carbocycles. The Kier molecular flexibility index (Phi) is 7.77. The summed E-state index contributed by atoms with van der Waals surface area (Å²) in [7, 11) is -2.23. The third-order valence-electron chi connectivity index (χ3n) is 3.81. The lowest BCUT2D eigenvalue weighted by Crippen LogP contribution is -2.37. The van der Waals surface area contributed by atoms with E-state index in [1.54, 1.807) is 13.8 Å². The normalized spacial score (nSPS) is 13.1. The predicted octanol–water partition coefficient (Wildman–Crippen LogP) is 2.03. The number of amides is 1. The number of carbonyl (C=O) groups is 2. The molecule has 1 amide bonds. The molecular weight excluding hydrogens is 356 g/mol. The van der Waals surface area contributed by atoms with Crippen LogP contribution in [-0.2, 0) is 19.6 Å². The van der Waals surface area contributed by atoms with E-state index in [0.29, 0.717) is 6.54 Å². The zero-order chi connectivity index (χ0) is 20.1. The zero-order valence-corrected chi connectivity index (χ0v) is 17.0. The number of nitrogens with one attached hydrogen (secondary N) is 1. The summed E-state index contributed by atoms with van der Waals surface area (Å²) in [4.78, 5) is 24.2. The summed E-state index contributed by atoms with van der Waals surface area (Å²) in [5.41, 5.74) is 0.0757. The fourth-order valence-electron chi connectivity index (χ4n) is 1.96. The summed E-state index contributed by atoms with van der Waals surface area (Å²) in [6.07, 6.45) is -0.972. The quantitative estimate of drug-likeness (QED) is 0.692. The Morgan fingerprint density at radius 1 is 1.15 bits per heavy atom. The van der Waals surface area contributed by atoms with Crippen LogP contribution in [0.5, 0.6) is 0 Å². The molecule has 0 bridgehead atoms. The summed E-state index contributed by atoms with van der Waals surface area (Å²) < 4.78 is 31.4. The molecule has 1 aromatic rings. The predicted molar refractivity (Wildman–Crippen MR) is 99.3 cm³/mol. The number of nitrogens with zero attached hydrogens (tertiary/aromatic N) is 1. The van der Waals surface area contributed by atoms with E-state index in [-0.39, 0.29) is 22.4 Å². The number of esters is 1. The summed E-state index contributed by atoms with van der Waals surface area (Å²) in [5, 5.41) is 2.68.